The summed E-state index contributed by atoms with van der Waals surface area (Å²) in [5.74, 6) is -1.75. The van der Waals surface area contributed by atoms with E-state index in [2.05, 4.69) is 5.32 Å². The number of likely N-dealkylation sites (tertiary alicyclic amines) is 1. The van der Waals surface area contributed by atoms with E-state index in [-0.39, 0.29) is 18.3 Å². The normalized spacial score (nSPS) is 16.2. The first-order valence-corrected chi connectivity index (χ1v) is 6.63. The van der Waals surface area contributed by atoms with E-state index in [0.29, 0.717) is 19.1 Å². The molecule has 1 heterocycles. The lowest BCUT2D eigenvalue weighted by molar-refractivity contribution is -0.134. The Morgan fingerprint density at radius 3 is 2.70 bits per heavy atom. The Labute approximate surface area is 116 Å². The highest BCUT2D eigenvalue weighted by molar-refractivity contribution is 5.77. The van der Waals surface area contributed by atoms with Crippen molar-refractivity contribution in [3.8, 4) is 5.75 Å². The van der Waals surface area contributed by atoms with E-state index < -0.39 is 11.6 Å². The Bertz CT molecular complexity index is 474. The van der Waals surface area contributed by atoms with Gasteiger partial charge in [-0.15, -0.1) is 0 Å². The molecule has 0 aliphatic carbocycles. The maximum atomic E-state index is 13.3. The van der Waals surface area contributed by atoms with Crippen LogP contribution in [0.15, 0.2) is 18.2 Å². The molecule has 4 nitrogen and oxygen atoms in total. The van der Waals surface area contributed by atoms with Gasteiger partial charge in [-0.2, -0.15) is 0 Å². The van der Waals surface area contributed by atoms with Crippen LogP contribution in [0.1, 0.15) is 12.8 Å². The summed E-state index contributed by atoms with van der Waals surface area (Å²) >= 11 is 0. The number of benzene rings is 1. The van der Waals surface area contributed by atoms with Crippen LogP contribution in [0.5, 0.6) is 5.75 Å². The zero-order valence-corrected chi connectivity index (χ0v) is 11.4. The fourth-order valence-electron chi connectivity index (χ4n) is 2.24. The van der Waals surface area contributed by atoms with Crippen molar-refractivity contribution in [2.24, 2.45) is 0 Å². The monoisotopic (exact) mass is 284 g/mol. The van der Waals surface area contributed by atoms with Gasteiger partial charge in [0, 0.05) is 25.2 Å². The topological polar surface area (TPSA) is 41.6 Å². The molecule has 0 atom stereocenters. The number of hydrogen-bond donors (Lipinski definition) is 1. The molecule has 20 heavy (non-hydrogen) atoms. The Morgan fingerprint density at radius 2 is 2.10 bits per heavy atom. The maximum absolute atomic E-state index is 13.3. The Kier molecular flexibility index (Phi) is 4.89. The molecule has 0 aromatic heterocycles. The second-order valence-corrected chi connectivity index (χ2v) is 4.81. The van der Waals surface area contributed by atoms with Gasteiger partial charge in [0.2, 0.25) is 0 Å². The predicted molar refractivity (Wildman–Crippen MR) is 70.5 cm³/mol. The van der Waals surface area contributed by atoms with E-state index in [1.54, 1.807) is 4.90 Å². The van der Waals surface area contributed by atoms with Crippen molar-refractivity contribution in [2.45, 2.75) is 18.9 Å². The van der Waals surface area contributed by atoms with Gasteiger partial charge in [-0.3, -0.25) is 4.79 Å². The number of nitrogens with one attached hydrogen (secondary N) is 1. The molecule has 1 saturated heterocycles. The number of hydrogen-bond acceptors (Lipinski definition) is 3. The molecule has 1 aliphatic rings. The summed E-state index contributed by atoms with van der Waals surface area (Å²) in [5, 5.41) is 3.18. The van der Waals surface area contributed by atoms with Gasteiger partial charge in [0.15, 0.2) is 18.2 Å². The zero-order chi connectivity index (χ0) is 14.5. The molecule has 1 aromatic rings. The minimum atomic E-state index is -0.799. The number of rotatable bonds is 4. The predicted octanol–water partition coefficient (Wildman–Crippen LogP) is 1.55. The smallest absolute Gasteiger partial charge is 0.260 e. The Morgan fingerprint density at radius 1 is 1.40 bits per heavy atom. The summed E-state index contributed by atoms with van der Waals surface area (Å²) in [6.07, 6.45) is 1.79. The van der Waals surface area contributed by atoms with Crippen molar-refractivity contribution in [2.75, 3.05) is 26.7 Å². The Hall–Kier alpha value is -1.69. The van der Waals surface area contributed by atoms with Crippen molar-refractivity contribution in [1.82, 2.24) is 10.2 Å². The van der Waals surface area contributed by atoms with Crippen molar-refractivity contribution in [3.63, 3.8) is 0 Å². The molecule has 1 amide bonds. The first-order valence-electron chi connectivity index (χ1n) is 6.63. The number of nitrogens with zero attached hydrogens (tertiary/aromatic N) is 1. The third kappa shape index (κ3) is 3.66. The average Bonchev–Trinajstić information content (AvgIpc) is 2.46. The molecule has 1 aromatic carbocycles. The number of piperidine rings is 1. The van der Waals surface area contributed by atoms with Crippen LogP contribution in [0.4, 0.5) is 8.78 Å². The minimum Gasteiger partial charge on any atom is -0.481 e. The lowest BCUT2D eigenvalue weighted by Crippen LogP contribution is -2.45. The standard InChI is InChI=1S/C14H18F2N2O2/c1-17-11-4-6-18(7-5-11)14(19)9-20-13-3-2-10(15)8-12(13)16/h2-3,8,11,17H,4-7,9H2,1H3. The van der Waals surface area contributed by atoms with Crippen molar-refractivity contribution in [3.05, 3.63) is 29.8 Å². The van der Waals surface area contributed by atoms with Gasteiger partial charge in [0.1, 0.15) is 5.82 Å². The van der Waals surface area contributed by atoms with E-state index in [1.807, 2.05) is 7.05 Å². The second kappa shape index (κ2) is 6.65. The van der Waals surface area contributed by atoms with Crippen molar-refractivity contribution < 1.29 is 18.3 Å². The molecule has 0 bridgehead atoms. The third-order valence-corrected chi connectivity index (χ3v) is 3.50. The van der Waals surface area contributed by atoms with Crippen LogP contribution in [-0.2, 0) is 4.79 Å². The van der Waals surface area contributed by atoms with E-state index in [0.717, 1.165) is 25.0 Å². The van der Waals surface area contributed by atoms with E-state index in [4.69, 9.17) is 4.74 Å². The van der Waals surface area contributed by atoms with Crippen molar-refractivity contribution >= 4 is 5.91 Å². The molecule has 1 N–H and O–H groups in total. The van der Waals surface area contributed by atoms with E-state index >= 15 is 0 Å². The van der Waals surface area contributed by atoms with Crippen LogP contribution in [0.2, 0.25) is 0 Å². The summed E-state index contributed by atoms with van der Waals surface area (Å²) in [7, 11) is 1.91. The summed E-state index contributed by atoms with van der Waals surface area (Å²) in [6, 6.07) is 3.46. The van der Waals surface area contributed by atoms with Crippen LogP contribution in [0.25, 0.3) is 0 Å². The molecule has 0 radical (unpaired) electrons. The molecule has 1 aliphatic heterocycles. The number of halogens is 2. The summed E-state index contributed by atoms with van der Waals surface area (Å²) in [5.41, 5.74) is 0. The molecular weight excluding hydrogens is 266 g/mol. The average molecular weight is 284 g/mol. The molecule has 6 heteroatoms. The van der Waals surface area contributed by atoms with Gasteiger partial charge in [-0.05, 0) is 32.0 Å². The Balaban J connectivity index is 1.83. The van der Waals surface area contributed by atoms with E-state index in [1.165, 1.54) is 6.07 Å². The number of carbonyl (C=O) groups is 1. The first kappa shape index (κ1) is 14.7. The highest BCUT2D eigenvalue weighted by Crippen LogP contribution is 2.18. The SMILES string of the molecule is CNC1CCN(C(=O)COc2ccc(F)cc2F)CC1. The lowest BCUT2D eigenvalue weighted by atomic mass is 10.1. The molecule has 110 valence electrons. The fourth-order valence-corrected chi connectivity index (χ4v) is 2.24. The molecular formula is C14H18F2N2O2. The van der Waals surface area contributed by atoms with Gasteiger partial charge in [-0.1, -0.05) is 0 Å². The van der Waals surface area contributed by atoms with Crippen LogP contribution in [0, 0.1) is 11.6 Å². The number of ether oxygens (including phenoxy) is 1. The maximum Gasteiger partial charge on any atom is 0.260 e. The van der Waals surface area contributed by atoms with E-state index in [9.17, 15) is 13.6 Å². The lowest BCUT2D eigenvalue weighted by Gasteiger charge is -2.31. The van der Waals surface area contributed by atoms with Gasteiger partial charge in [0.25, 0.3) is 5.91 Å². The van der Waals surface area contributed by atoms with Gasteiger partial charge in [-0.25, -0.2) is 8.78 Å². The van der Waals surface area contributed by atoms with Gasteiger partial charge >= 0.3 is 0 Å². The summed E-state index contributed by atoms with van der Waals surface area (Å²) in [6.45, 7) is 1.10. The van der Waals surface area contributed by atoms with Crippen LogP contribution in [0.3, 0.4) is 0 Å². The fraction of sp³-hybridized carbons (Fsp3) is 0.500. The number of carbonyl (C=O) groups excluding carboxylic acids is 1. The highest BCUT2D eigenvalue weighted by atomic mass is 19.1. The quantitative estimate of drug-likeness (QED) is 0.912. The largest absolute Gasteiger partial charge is 0.481 e. The summed E-state index contributed by atoms with van der Waals surface area (Å²) in [4.78, 5) is 13.6. The third-order valence-electron chi connectivity index (χ3n) is 3.50. The number of amides is 1. The van der Waals surface area contributed by atoms with Crippen LogP contribution >= 0.6 is 0 Å². The molecule has 1 fully saturated rings. The minimum absolute atomic E-state index is 0.107. The molecule has 0 unspecified atom stereocenters. The molecule has 0 spiro atoms. The molecule has 0 saturated carbocycles. The van der Waals surface area contributed by atoms with Crippen LogP contribution < -0.4 is 10.1 Å². The van der Waals surface area contributed by atoms with Crippen LogP contribution in [-0.4, -0.2) is 43.6 Å². The zero-order valence-electron chi connectivity index (χ0n) is 11.4. The van der Waals surface area contributed by atoms with Crippen molar-refractivity contribution in [1.29, 1.82) is 0 Å². The summed E-state index contributed by atoms with van der Waals surface area (Å²) < 4.78 is 31.2. The van der Waals surface area contributed by atoms with Gasteiger partial charge < -0.3 is 15.0 Å². The highest BCUT2D eigenvalue weighted by Gasteiger charge is 2.22. The second-order valence-electron chi connectivity index (χ2n) is 4.81. The molecule has 2 rings (SSSR count). The first-order chi connectivity index (χ1) is 9.60. The van der Waals surface area contributed by atoms with Gasteiger partial charge in [0.05, 0.1) is 0 Å².